The van der Waals surface area contributed by atoms with E-state index in [1.807, 2.05) is 16.0 Å². The van der Waals surface area contributed by atoms with Crippen molar-refractivity contribution in [2.75, 3.05) is 25.5 Å². The monoisotopic (exact) mass is 524 g/mol. The SMILES string of the molecule is COc1ccc(S(=O)(=O)NCCNc2nccc(-c3c(-c4ccc(F)cc4)nc4sccn34)n2)cc1. The Morgan fingerprint density at radius 1 is 1.03 bits per heavy atom. The number of benzene rings is 2. The molecule has 0 saturated heterocycles. The predicted octanol–water partition coefficient (Wildman–Crippen LogP) is 4.06. The van der Waals surface area contributed by atoms with Crippen LogP contribution in [0.4, 0.5) is 10.3 Å². The van der Waals surface area contributed by atoms with E-state index in [-0.39, 0.29) is 23.8 Å². The molecule has 0 fully saturated rings. The van der Waals surface area contributed by atoms with Crippen molar-refractivity contribution in [2.24, 2.45) is 0 Å². The van der Waals surface area contributed by atoms with Gasteiger partial charge in [0.1, 0.15) is 17.3 Å². The Kier molecular flexibility index (Phi) is 6.63. The molecule has 2 aromatic carbocycles. The number of nitrogens with one attached hydrogen (secondary N) is 2. The van der Waals surface area contributed by atoms with Crippen LogP contribution in [0.25, 0.3) is 27.6 Å². The highest BCUT2D eigenvalue weighted by Crippen LogP contribution is 2.33. The second kappa shape index (κ2) is 10.0. The van der Waals surface area contributed by atoms with Gasteiger partial charge in [0.05, 0.1) is 23.4 Å². The van der Waals surface area contributed by atoms with E-state index in [2.05, 4.69) is 20.0 Å². The summed E-state index contributed by atoms with van der Waals surface area (Å²) in [5.74, 6) is 0.594. The Morgan fingerprint density at radius 3 is 2.56 bits per heavy atom. The van der Waals surface area contributed by atoms with Gasteiger partial charge in [0.2, 0.25) is 16.0 Å². The van der Waals surface area contributed by atoms with Gasteiger partial charge in [-0.05, 0) is 54.6 Å². The van der Waals surface area contributed by atoms with Crippen LogP contribution in [0, 0.1) is 5.82 Å². The van der Waals surface area contributed by atoms with Gasteiger partial charge in [-0.1, -0.05) is 0 Å². The Labute approximate surface area is 210 Å². The molecule has 0 amide bonds. The lowest BCUT2D eigenvalue weighted by Crippen LogP contribution is -2.29. The highest BCUT2D eigenvalue weighted by atomic mass is 32.2. The molecule has 0 aliphatic rings. The molecule has 0 saturated carbocycles. The molecule has 2 N–H and O–H groups in total. The van der Waals surface area contributed by atoms with Crippen LogP contribution in [0.15, 0.2) is 77.3 Å². The molecule has 3 aromatic heterocycles. The second-order valence-corrected chi connectivity index (χ2v) is 10.3. The summed E-state index contributed by atoms with van der Waals surface area (Å²) in [5.41, 5.74) is 2.82. The van der Waals surface area contributed by atoms with Crippen LogP contribution in [0.3, 0.4) is 0 Å². The lowest BCUT2D eigenvalue weighted by atomic mass is 10.1. The summed E-state index contributed by atoms with van der Waals surface area (Å²) in [5, 5.41) is 4.98. The van der Waals surface area contributed by atoms with Crippen molar-refractivity contribution in [3.05, 3.63) is 78.2 Å². The maximum absolute atomic E-state index is 13.5. The number of imidazole rings is 1. The molecule has 36 heavy (non-hydrogen) atoms. The fourth-order valence-electron chi connectivity index (χ4n) is 3.61. The van der Waals surface area contributed by atoms with E-state index in [1.165, 1.54) is 42.7 Å². The normalized spacial score (nSPS) is 11.6. The van der Waals surface area contributed by atoms with Gasteiger partial charge in [-0.3, -0.25) is 4.40 Å². The highest BCUT2D eigenvalue weighted by Gasteiger charge is 2.19. The van der Waals surface area contributed by atoms with Gasteiger partial charge in [-0.15, -0.1) is 11.3 Å². The summed E-state index contributed by atoms with van der Waals surface area (Å²) in [6, 6.07) is 14.1. The molecular weight excluding hydrogens is 503 g/mol. The number of methoxy groups -OCH3 is 1. The molecule has 0 bridgehead atoms. The molecular formula is C24H21FN6O3S2. The molecule has 12 heteroatoms. The van der Waals surface area contributed by atoms with Gasteiger partial charge in [-0.2, -0.15) is 0 Å². The van der Waals surface area contributed by atoms with Crippen molar-refractivity contribution >= 4 is 32.3 Å². The van der Waals surface area contributed by atoms with Crippen LogP contribution in [-0.2, 0) is 10.0 Å². The van der Waals surface area contributed by atoms with Crippen molar-refractivity contribution in [3.8, 4) is 28.4 Å². The summed E-state index contributed by atoms with van der Waals surface area (Å²) >= 11 is 1.48. The number of halogens is 1. The topological polar surface area (TPSA) is 111 Å². The number of nitrogens with zero attached hydrogens (tertiary/aromatic N) is 4. The van der Waals surface area contributed by atoms with Crippen LogP contribution in [0.2, 0.25) is 0 Å². The van der Waals surface area contributed by atoms with Gasteiger partial charge in [0.15, 0.2) is 4.96 Å². The van der Waals surface area contributed by atoms with E-state index in [4.69, 9.17) is 9.72 Å². The Balaban J connectivity index is 1.31. The van der Waals surface area contributed by atoms with Gasteiger partial charge in [0, 0.05) is 36.4 Å². The first-order chi connectivity index (χ1) is 17.4. The van der Waals surface area contributed by atoms with Crippen LogP contribution >= 0.6 is 11.3 Å². The van der Waals surface area contributed by atoms with E-state index < -0.39 is 10.0 Å². The molecule has 0 radical (unpaired) electrons. The fraction of sp³-hybridized carbons (Fsp3) is 0.125. The van der Waals surface area contributed by atoms with Crippen molar-refractivity contribution in [1.29, 1.82) is 0 Å². The number of sulfonamides is 1. The average molecular weight is 525 g/mol. The van der Waals surface area contributed by atoms with Crippen molar-refractivity contribution in [1.82, 2.24) is 24.1 Å². The third-order valence-corrected chi connectivity index (χ3v) is 7.58. The molecule has 0 atom stereocenters. The molecule has 0 aliphatic carbocycles. The minimum absolute atomic E-state index is 0.129. The molecule has 184 valence electrons. The summed E-state index contributed by atoms with van der Waals surface area (Å²) in [4.78, 5) is 14.5. The van der Waals surface area contributed by atoms with Crippen LogP contribution < -0.4 is 14.8 Å². The minimum atomic E-state index is -3.66. The quantitative estimate of drug-likeness (QED) is 0.280. The zero-order chi connectivity index (χ0) is 25.1. The molecule has 5 aromatic rings. The Bertz CT molecular complexity index is 1600. The number of aromatic nitrogens is 4. The number of anilines is 1. The van der Waals surface area contributed by atoms with Crippen LogP contribution in [0.5, 0.6) is 5.75 Å². The zero-order valence-electron chi connectivity index (χ0n) is 19.1. The number of thiazole rings is 1. The maximum Gasteiger partial charge on any atom is 0.240 e. The predicted molar refractivity (Wildman–Crippen MR) is 136 cm³/mol. The standard InChI is InChI=1S/C24H21FN6O3S2/c1-34-18-6-8-19(9-7-18)36(32,33)28-13-12-27-23-26-11-10-20(29-23)22-21(16-2-4-17(25)5-3-16)30-24-31(22)14-15-35-24/h2-11,14-15,28H,12-13H2,1H3,(H,26,27,29). The van der Waals surface area contributed by atoms with Gasteiger partial charge in [0.25, 0.3) is 0 Å². The largest absolute Gasteiger partial charge is 0.497 e. The second-order valence-electron chi connectivity index (χ2n) is 7.64. The zero-order valence-corrected chi connectivity index (χ0v) is 20.7. The first kappa shape index (κ1) is 23.9. The van der Waals surface area contributed by atoms with Crippen LogP contribution in [-0.4, -0.2) is 48.0 Å². The molecule has 9 nitrogen and oxygen atoms in total. The van der Waals surface area contributed by atoms with E-state index in [0.29, 0.717) is 23.1 Å². The third-order valence-electron chi connectivity index (χ3n) is 5.35. The molecule has 0 aliphatic heterocycles. The van der Waals surface area contributed by atoms with E-state index in [9.17, 15) is 12.8 Å². The van der Waals surface area contributed by atoms with Crippen LogP contribution in [0.1, 0.15) is 0 Å². The minimum Gasteiger partial charge on any atom is -0.497 e. The number of rotatable bonds is 9. The smallest absolute Gasteiger partial charge is 0.240 e. The van der Waals surface area contributed by atoms with E-state index in [1.54, 1.807) is 36.5 Å². The van der Waals surface area contributed by atoms with E-state index in [0.717, 1.165) is 16.2 Å². The summed E-state index contributed by atoms with van der Waals surface area (Å²) < 4.78 is 48.0. The van der Waals surface area contributed by atoms with Crippen molar-refractivity contribution < 1.29 is 17.5 Å². The molecule has 0 unspecified atom stereocenters. The Hall–Kier alpha value is -3.87. The summed E-state index contributed by atoms with van der Waals surface area (Å²) in [6.45, 7) is 0.397. The fourth-order valence-corrected chi connectivity index (χ4v) is 5.36. The van der Waals surface area contributed by atoms with Gasteiger partial charge >= 0.3 is 0 Å². The van der Waals surface area contributed by atoms with E-state index >= 15 is 0 Å². The van der Waals surface area contributed by atoms with Gasteiger partial charge in [-0.25, -0.2) is 32.5 Å². The number of hydrogen-bond acceptors (Lipinski definition) is 8. The number of hydrogen-bond donors (Lipinski definition) is 2. The van der Waals surface area contributed by atoms with Gasteiger partial charge < -0.3 is 10.1 Å². The maximum atomic E-state index is 13.5. The summed E-state index contributed by atoms with van der Waals surface area (Å²) in [7, 11) is -2.15. The molecule has 0 spiro atoms. The lowest BCUT2D eigenvalue weighted by molar-refractivity contribution is 0.414. The van der Waals surface area contributed by atoms with Crippen molar-refractivity contribution in [3.63, 3.8) is 0 Å². The number of fused-ring (bicyclic) bond motifs is 1. The first-order valence-electron chi connectivity index (χ1n) is 10.9. The Morgan fingerprint density at radius 2 is 1.81 bits per heavy atom. The number of ether oxygens (including phenoxy) is 1. The lowest BCUT2D eigenvalue weighted by Gasteiger charge is -2.10. The molecule has 3 heterocycles. The first-order valence-corrected chi connectivity index (χ1v) is 13.2. The average Bonchev–Trinajstić information content (AvgIpc) is 3.49. The molecule has 5 rings (SSSR count). The third kappa shape index (κ3) is 4.91. The summed E-state index contributed by atoms with van der Waals surface area (Å²) in [6.07, 6.45) is 3.52. The van der Waals surface area contributed by atoms with Crippen molar-refractivity contribution in [2.45, 2.75) is 4.90 Å². The highest BCUT2D eigenvalue weighted by molar-refractivity contribution is 7.89.